The minimum absolute atomic E-state index is 0.0647. The Hall–Kier alpha value is -3.29. The maximum Gasteiger partial charge on any atom is 0.327 e. The molecule has 4 rings (SSSR count). The first kappa shape index (κ1) is 26.8. The zero-order valence-electron chi connectivity index (χ0n) is 19.7. The topological polar surface area (TPSA) is 131 Å². The molecule has 4 aromatic rings. The fourth-order valence-electron chi connectivity index (χ4n) is 3.43. The molecule has 3 N–H and O–H groups in total. The van der Waals surface area contributed by atoms with E-state index in [1.807, 2.05) is 24.5 Å². The van der Waals surface area contributed by atoms with Gasteiger partial charge < -0.3 is 14.6 Å². The molecule has 2 aromatic heterocycles. The van der Waals surface area contributed by atoms with Gasteiger partial charge in [0.2, 0.25) is 0 Å². The second kappa shape index (κ2) is 11.8. The van der Waals surface area contributed by atoms with Crippen LogP contribution in [0.15, 0.2) is 65.8 Å². The van der Waals surface area contributed by atoms with Crippen molar-refractivity contribution in [3.05, 3.63) is 71.5 Å². The van der Waals surface area contributed by atoms with Crippen molar-refractivity contribution in [2.45, 2.75) is 4.90 Å². The smallest absolute Gasteiger partial charge is 0.327 e. The summed E-state index contributed by atoms with van der Waals surface area (Å²) in [6, 6.07) is 12.4. The maximum atomic E-state index is 12.7. The van der Waals surface area contributed by atoms with Gasteiger partial charge in [0.05, 0.1) is 38.1 Å². The van der Waals surface area contributed by atoms with Gasteiger partial charge in [0.15, 0.2) is 15.0 Å². The van der Waals surface area contributed by atoms with E-state index in [0.717, 1.165) is 11.3 Å². The van der Waals surface area contributed by atoms with Crippen LogP contribution in [0.1, 0.15) is 10.4 Å². The number of carbonyl (C=O) groups is 2. The van der Waals surface area contributed by atoms with E-state index in [-0.39, 0.29) is 26.4 Å². The molecule has 0 aliphatic carbocycles. The van der Waals surface area contributed by atoms with E-state index >= 15 is 0 Å². The third-order valence-corrected chi connectivity index (χ3v) is 8.27. The zero-order chi connectivity index (χ0) is 26.4. The van der Waals surface area contributed by atoms with Gasteiger partial charge in [-0.3, -0.25) is 15.4 Å². The summed E-state index contributed by atoms with van der Waals surface area (Å²) >= 11 is 7.28. The lowest BCUT2D eigenvalue weighted by atomic mass is 10.2. The molecule has 10 nitrogen and oxygen atoms in total. The van der Waals surface area contributed by atoms with Crippen LogP contribution in [-0.2, 0) is 14.6 Å². The Bertz CT molecular complexity index is 1520. The number of fused-ring (bicyclic) bond motifs is 1. The average molecular weight is 562 g/mol. The zero-order valence-corrected chi connectivity index (χ0v) is 22.1. The van der Waals surface area contributed by atoms with Gasteiger partial charge in [-0.2, -0.15) is 0 Å². The second-order valence-corrected chi connectivity index (χ2v) is 11.4. The van der Waals surface area contributed by atoms with Crippen LogP contribution in [0.3, 0.4) is 0 Å². The van der Waals surface area contributed by atoms with Crippen LogP contribution in [-0.4, -0.2) is 62.5 Å². The van der Waals surface area contributed by atoms with Crippen molar-refractivity contribution in [2.75, 3.05) is 37.9 Å². The number of ether oxygens (including phenoxy) is 1. The van der Waals surface area contributed by atoms with E-state index in [4.69, 9.17) is 16.3 Å². The SMILES string of the molecule is COCCNCCS(=O)(=O)c1ccc2nc(NC(=O)NC(=O)c3cc(-n4cccc4)ccc3Cl)sc2c1. The molecule has 0 aliphatic rings. The van der Waals surface area contributed by atoms with Crippen molar-refractivity contribution in [3.63, 3.8) is 0 Å². The van der Waals surface area contributed by atoms with Gasteiger partial charge in [-0.25, -0.2) is 18.2 Å². The molecule has 0 saturated carbocycles. The third kappa shape index (κ3) is 6.73. The summed E-state index contributed by atoms with van der Waals surface area (Å²) in [4.78, 5) is 29.6. The molecular formula is C24H24ClN5O5S2. The summed E-state index contributed by atoms with van der Waals surface area (Å²) in [5.74, 6) is -0.741. The van der Waals surface area contributed by atoms with Gasteiger partial charge >= 0.3 is 6.03 Å². The van der Waals surface area contributed by atoms with Gasteiger partial charge in [0, 0.05) is 38.3 Å². The fourth-order valence-corrected chi connectivity index (χ4v) is 5.83. The lowest BCUT2D eigenvalue weighted by molar-refractivity contribution is 0.0967. The Labute approximate surface area is 222 Å². The van der Waals surface area contributed by atoms with Gasteiger partial charge in [-0.15, -0.1) is 0 Å². The van der Waals surface area contributed by atoms with Crippen LogP contribution in [0.4, 0.5) is 9.93 Å². The van der Waals surface area contributed by atoms with Gasteiger partial charge in [0.1, 0.15) is 0 Å². The first-order valence-electron chi connectivity index (χ1n) is 11.1. The highest BCUT2D eigenvalue weighted by Crippen LogP contribution is 2.28. The Morgan fingerprint density at radius 3 is 2.65 bits per heavy atom. The minimum Gasteiger partial charge on any atom is -0.383 e. The van der Waals surface area contributed by atoms with Crippen LogP contribution in [0.5, 0.6) is 0 Å². The van der Waals surface area contributed by atoms with Gasteiger partial charge in [-0.05, 0) is 48.5 Å². The van der Waals surface area contributed by atoms with Crippen LogP contribution < -0.4 is 16.0 Å². The standard InChI is InChI=1S/C24H24ClN5O5S2/c1-35-12-8-26-9-13-37(33,34)17-5-7-20-21(15-17)36-24(27-20)29-23(32)28-22(31)18-14-16(4-6-19(18)25)30-10-2-3-11-30/h2-7,10-11,14-15,26H,8-9,12-13H2,1H3,(H2,27,28,29,31,32). The Balaban J connectivity index is 1.41. The number of urea groups is 1. The Kier molecular flexibility index (Phi) is 8.56. The number of carbonyl (C=O) groups excluding carboxylic acids is 2. The number of rotatable bonds is 10. The van der Waals surface area contributed by atoms with E-state index in [0.29, 0.717) is 35.6 Å². The molecule has 2 heterocycles. The Morgan fingerprint density at radius 2 is 1.89 bits per heavy atom. The number of hydrogen-bond acceptors (Lipinski definition) is 8. The molecule has 0 bridgehead atoms. The van der Waals surface area contributed by atoms with Crippen molar-refractivity contribution < 1.29 is 22.7 Å². The molecule has 37 heavy (non-hydrogen) atoms. The molecule has 0 radical (unpaired) electrons. The Morgan fingerprint density at radius 1 is 1.11 bits per heavy atom. The first-order chi connectivity index (χ1) is 17.8. The first-order valence-corrected chi connectivity index (χ1v) is 14.0. The number of anilines is 1. The number of imide groups is 1. The maximum absolute atomic E-state index is 12.7. The van der Waals surface area contributed by atoms with Crippen LogP contribution in [0, 0.1) is 0 Å². The molecular weight excluding hydrogens is 538 g/mol. The third-order valence-electron chi connectivity index (χ3n) is 5.29. The summed E-state index contributed by atoms with van der Waals surface area (Å²) in [6.07, 6.45) is 3.64. The molecule has 2 aromatic carbocycles. The quantitative estimate of drug-likeness (QED) is 0.251. The number of amides is 3. The average Bonchev–Trinajstić information content (AvgIpc) is 3.53. The molecule has 3 amide bonds. The largest absolute Gasteiger partial charge is 0.383 e. The van der Waals surface area contributed by atoms with Gasteiger partial charge in [-0.1, -0.05) is 22.9 Å². The molecule has 13 heteroatoms. The molecule has 0 unspecified atom stereocenters. The molecule has 0 fully saturated rings. The molecule has 0 spiro atoms. The van der Waals surface area contributed by atoms with Crippen molar-refractivity contribution in [3.8, 4) is 5.69 Å². The van der Waals surface area contributed by atoms with E-state index < -0.39 is 21.8 Å². The number of nitrogens with zero attached hydrogens (tertiary/aromatic N) is 2. The number of methoxy groups -OCH3 is 1. The molecule has 0 saturated heterocycles. The highest BCUT2D eigenvalue weighted by atomic mass is 35.5. The van der Waals surface area contributed by atoms with Crippen LogP contribution in [0.2, 0.25) is 5.02 Å². The number of halogens is 1. The second-order valence-electron chi connectivity index (χ2n) is 7.87. The van der Waals surface area contributed by atoms with Crippen molar-refractivity contribution in [1.29, 1.82) is 0 Å². The predicted molar refractivity (Wildman–Crippen MR) is 144 cm³/mol. The molecule has 0 aliphatic heterocycles. The number of sulfone groups is 1. The van der Waals surface area contributed by atoms with Crippen molar-refractivity contribution >= 4 is 60.1 Å². The van der Waals surface area contributed by atoms with Crippen molar-refractivity contribution in [2.24, 2.45) is 0 Å². The highest BCUT2D eigenvalue weighted by molar-refractivity contribution is 7.91. The van der Waals surface area contributed by atoms with Crippen molar-refractivity contribution in [1.82, 2.24) is 20.2 Å². The number of aromatic nitrogens is 2. The summed E-state index contributed by atoms with van der Waals surface area (Å²) in [5.41, 5.74) is 1.37. The summed E-state index contributed by atoms with van der Waals surface area (Å²) in [6.45, 7) is 1.35. The van der Waals surface area contributed by atoms with E-state index in [1.54, 1.807) is 35.9 Å². The number of nitrogens with one attached hydrogen (secondary N) is 3. The van der Waals surface area contributed by atoms with E-state index in [9.17, 15) is 18.0 Å². The van der Waals surface area contributed by atoms with E-state index in [2.05, 4.69) is 20.9 Å². The summed E-state index contributed by atoms with van der Waals surface area (Å²) in [5, 5.41) is 8.19. The minimum atomic E-state index is -3.51. The van der Waals surface area contributed by atoms with Crippen LogP contribution in [0.25, 0.3) is 15.9 Å². The molecule has 0 atom stereocenters. The number of hydrogen-bond donors (Lipinski definition) is 3. The summed E-state index contributed by atoms with van der Waals surface area (Å²) in [7, 11) is -1.93. The van der Waals surface area contributed by atoms with E-state index in [1.165, 1.54) is 12.1 Å². The van der Waals surface area contributed by atoms with Crippen LogP contribution >= 0.6 is 22.9 Å². The molecule has 194 valence electrons. The number of thiazole rings is 1. The number of benzene rings is 2. The summed E-state index contributed by atoms with van der Waals surface area (Å²) < 4.78 is 32.6. The highest BCUT2D eigenvalue weighted by Gasteiger charge is 2.18. The normalized spacial score (nSPS) is 11.5. The lowest BCUT2D eigenvalue weighted by Crippen LogP contribution is -2.34. The predicted octanol–water partition coefficient (Wildman–Crippen LogP) is 3.71. The van der Waals surface area contributed by atoms with Gasteiger partial charge in [0.25, 0.3) is 5.91 Å². The monoisotopic (exact) mass is 561 g/mol. The lowest BCUT2D eigenvalue weighted by Gasteiger charge is -2.09. The fraction of sp³-hybridized carbons (Fsp3) is 0.208.